The van der Waals surface area contributed by atoms with E-state index in [2.05, 4.69) is 15.5 Å². The number of nitriles is 1. The maximum atomic E-state index is 12.5. The summed E-state index contributed by atoms with van der Waals surface area (Å²) in [4.78, 5) is 23.2. The molecule has 0 spiro atoms. The van der Waals surface area contributed by atoms with E-state index in [-0.39, 0.29) is 35.1 Å². The standard InChI is InChI=1S/C17H15N5O5/c1-9-12(10(2)21-20-9)5-11(8-18)17(23)19-13-6-15-16(27-4-3-26-15)7-14(13)22(24)25/h5-7H,3-4H2,1-2H3,(H,19,23)(H,20,21). The molecule has 138 valence electrons. The second-order valence-electron chi connectivity index (χ2n) is 5.74. The van der Waals surface area contributed by atoms with Gasteiger partial charge in [-0.2, -0.15) is 10.4 Å². The van der Waals surface area contributed by atoms with Gasteiger partial charge >= 0.3 is 0 Å². The molecule has 1 amide bonds. The number of amides is 1. The molecule has 0 aliphatic carbocycles. The van der Waals surface area contributed by atoms with E-state index in [0.29, 0.717) is 23.6 Å². The van der Waals surface area contributed by atoms with E-state index in [1.165, 1.54) is 18.2 Å². The van der Waals surface area contributed by atoms with Crippen molar-refractivity contribution in [1.82, 2.24) is 10.2 Å². The minimum atomic E-state index is -0.780. The lowest BCUT2D eigenvalue weighted by Gasteiger charge is -2.19. The summed E-state index contributed by atoms with van der Waals surface area (Å²) in [6, 6.07) is 4.31. The zero-order valence-corrected chi connectivity index (χ0v) is 14.5. The SMILES string of the molecule is Cc1n[nH]c(C)c1C=C(C#N)C(=O)Nc1cc2c(cc1[N+](=O)[O-])OCCO2. The summed E-state index contributed by atoms with van der Waals surface area (Å²) in [6.07, 6.45) is 1.38. The average molecular weight is 369 g/mol. The number of hydrogen-bond donors (Lipinski definition) is 2. The molecule has 1 aromatic heterocycles. The van der Waals surface area contributed by atoms with Crippen LogP contribution in [0.2, 0.25) is 0 Å². The van der Waals surface area contributed by atoms with Crippen molar-refractivity contribution in [3.05, 3.63) is 44.8 Å². The van der Waals surface area contributed by atoms with E-state index in [4.69, 9.17) is 9.47 Å². The lowest BCUT2D eigenvalue weighted by molar-refractivity contribution is -0.384. The van der Waals surface area contributed by atoms with Crippen LogP contribution < -0.4 is 14.8 Å². The van der Waals surface area contributed by atoms with Gasteiger partial charge in [0.05, 0.1) is 16.7 Å². The highest BCUT2D eigenvalue weighted by molar-refractivity contribution is 6.10. The van der Waals surface area contributed by atoms with Crippen molar-refractivity contribution in [1.29, 1.82) is 5.26 Å². The van der Waals surface area contributed by atoms with Gasteiger partial charge in [-0.3, -0.25) is 20.0 Å². The van der Waals surface area contributed by atoms with Gasteiger partial charge in [-0.05, 0) is 19.9 Å². The van der Waals surface area contributed by atoms with Crippen molar-refractivity contribution in [2.45, 2.75) is 13.8 Å². The third-order valence-electron chi connectivity index (χ3n) is 3.94. The molecule has 0 saturated carbocycles. The maximum Gasteiger partial charge on any atom is 0.296 e. The van der Waals surface area contributed by atoms with Gasteiger partial charge in [-0.1, -0.05) is 0 Å². The van der Waals surface area contributed by atoms with E-state index >= 15 is 0 Å². The van der Waals surface area contributed by atoms with Gasteiger partial charge in [0.2, 0.25) is 0 Å². The number of nitro groups is 1. The van der Waals surface area contributed by atoms with E-state index in [1.54, 1.807) is 13.8 Å². The summed E-state index contributed by atoms with van der Waals surface area (Å²) in [7, 11) is 0. The number of aryl methyl sites for hydroxylation is 2. The van der Waals surface area contributed by atoms with E-state index in [1.807, 2.05) is 6.07 Å². The molecule has 0 bridgehead atoms. The van der Waals surface area contributed by atoms with Gasteiger partial charge in [0, 0.05) is 17.3 Å². The van der Waals surface area contributed by atoms with Crippen molar-refractivity contribution in [2.75, 3.05) is 18.5 Å². The number of aromatic nitrogens is 2. The van der Waals surface area contributed by atoms with E-state index < -0.39 is 10.8 Å². The highest BCUT2D eigenvalue weighted by atomic mass is 16.6. The first kappa shape index (κ1) is 17.9. The first-order valence-electron chi connectivity index (χ1n) is 7.93. The van der Waals surface area contributed by atoms with Crippen LogP contribution >= 0.6 is 0 Å². The normalized spacial score (nSPS) is 13.0. The third kappa shape index (κ3) is 3.57. The van der Waals surface area contributed by atoms with Crippen molar-refractivity contribution in [2.24, 2.45) is 0 Å². The van der Waals surface area contributed by atoms with Crippen LogP contribution in [0, 0.1) is 35.3 Å². The van der Waals surface area contributed by atoms with E-state index in [0.717, 1.165) is 0 Å². The Morgan fingerprint density at radius 1 is 1.37 bits per heavy atom. The topological polar surface area (TPSA) is 143 Å². The van der Waals surface area contributed by atoms with Gasteiger partial charge in [-0.25, -0.2) is 0 Å². The van der Waals surface area contributed by atoms with Crippen LogP contribution in [0.15, 0.2) is 17.7 Å². The summed E-state index contributed by atoms with van der Waals surface area (Å²) in [6.45, 7) is 4.06. The van der Waals surface area contributed by atoms with Crippen LogP contribution in [-0.4, -0.2) is 34.2 Å². The van der Waals surface area contributed by atoms with Crippen LogP contribution in [-0.2, 0) is 4.79 Å². The third-order valence-corrected chi connectivity index (χ3v) is 3.94. The van der Waals surface area contributed by atoms with Crippen molar-refractivity contribution in [3.63, 3.8) is 0 Å². The molecule has 2 aromatic rings. The average Bonchev–Trinajstić information content (AvgIpc) is 2.96. The molecule has 3 rings (SSSR count). The van der Waals surface area contributed by atoms with E-state index in [9.17, 15) is 20.2 Å². The van der Waals surface area contributed by atoms with Crippen molar-refractivity contribution < 1.29 is 19.2 Å². The number of carbonyl (C=O) groups excluding carboxylic acids is 1. The first-order valence-corrected chi connectivity index (χ1v) is 7.93. The van der Waals surface area contributed by atoms with Gasteiger partial charge in [0.1, 0.15) is 30.5 Å². The summed E-state index contributed by atoms with van der Waals surface area (Å²) in [5.74, 6) is -0.268. The molecule has 0 unspecified atom stereocenters. The molecule has 10 heteroatoms. The molecule has 1 aliphatic heterocycles. The fourth-order valence-electron chi connectivity index (χ4n) is 2.58. The van der Waals surface area contributed by atoms with Crippen LogP contribution in [0.4, 0.5) is 11.4 Å². The van der Waals surface area contributed by atoms with Crippen molar-refractivity contribution >= 4 is 23.4 Å². The predicted octanol–water partition coefficient (Wildman–Crippen LogP) is 2.25. The van der Waals surface area contributed by atoms with Crippen LogP contribution in [0.25, 0.3) is 6.08 Å². The zero-order chi connectivity index (χ0) is 19.6. The first-order chi connectivity index (χ1) is 12.9. The minimum absolute atomic E-state index is 0.0870. The van der Waals surface area contributed by atoms with Gasteiger partial charge < -0.3 is 14.8 Å². The Bertz CT molecular complexity index is 982. The summed E-state index contributed by atoms with van der Waals surface area (Å²) >= 11 is 0. The second kappa shape index (κ2) is 7.17. The molecule has 0 fully saturated rings. The van der Waals surface area contributed by atoms with Gasteiger partial charge in [0.15, 0.2) is 11.5 Å². The maximum absolute atomic E-state index is 12.5. The Morgan fingerprint density at radius 2 is 2.04 bits per heavy atom. The molecule has 0 radical (unpaired) electrons. The number of H-pyrrole nitrogens is 1. The second-order valence-corrected chi connectivity index (χ2v) is 5.74. The molecule has 10 nitrogen and oxygen atoms in total. The molecule has 0 saturated heterocycles. The quantitative estimate of drug-likeness (QED) is 0.364. The molecule has 1 aromatic carbocycles. The summed E-state index contributed by atoms with van der Waals surface area (Å²) < 4.78 is 10.7. The fraction of sp³-hybridized carbons (Fsp3) is 0.235. The number of ether oxygens (including phenoxy) is 2. The molecule has 1 aliphatic rings. The van der Waals surface area contributed by atoms with Crippen LogP contribution in [0.5, 0.6) is 11.5 Å². The number of nitrogens with zero attached hydrogens (tertiary/aromatic N) is 3. The smallest absolute Gasteiger partial charge is 0.296 e. The highest BCUT2D eigenvalue weighted by Gasteiger charge is 2.24. The number of aromatic amines is 1. The van der Waals surface area contributed by atoms with Crippen molar-refractivity contribution in [3.8, 4) is 17.6 Å². The number of carbonyl (C=O) groups is 1. The number of nitrogens with one attached hydrogen (secondary N) is 2. The number of benzene rings is 1. The Labute approximate surface area is 153 Å². The molecule has 27 heavy (non-hydrogen) atoms. The Kier molecular flexibility index (Phi) is 4.76. The number of hydrogen-bond acceptors (Lipinski definition) is 7. The summed E-state index contributed by atoms with van der Waals surface area (Å²) in [5.41, 5.74) is 1.26. The molecular formula is C17H15N5O5. The summed E-state index contributed by atoms with van der Waals surface area (Å²) in [5, 5.41) is 29.8. The Hall–Kier alpha value is -3.87. The number of rotatable bonds is 4. The highest BCUT2D eigenvalue weighted by Crippen LogP contribution is 2.39. The van der Waals surface area contributed by atoms with Gasteiger partial charge in [0.25, 0.3) is 11.6 Å². The monoisotopic (exact) mass is 369 g/mol. The molecule has 0 atom stereocenters. The van der Waals surface area contributed by atoms with Crippen LogP contribution in [0.3, 0.4) is 0 Å². The number of anilines is 1. The fourth-order valence-corrected chi connectivity index (χ4v) is 2.58. The molecule has 2 heterocycles. The van der Waals surface area contributed by atoms with Gasteiger partial charge in [-0.15, -0.1) is 0 Å². The molecular weight excluding hydrogens is 354 g/mol. The number of nitro benzene ring substituents is 1. The largest absolute Gasteiger partial charge is 0.486 e. The Balaban J connectivity index is 1.95. The zero-order valence-electron chi connectivity index (χ0n) is 14.5. The van der Waals surface area contributed by atoms with Crippen LogP contribution in [0.1, 0.15) is 17.0 Å². The Morgan fingerprint density at radius 3 is 2.59 bits per heavy atom. The lowest BCUT2D eigenvalue weighted by Crippen LogP contribution is -2.18. The predicted molar refractivity (Wildman–Crippen MR) is 94.4 cm³/mol. The molecule has 2 N–H and O–H groups in total. The number of fused-ring (bicyclic) bond motifs is 1. The lowest BCUT2D eigenvalue weighted by atomic mass is 10.1. The minimum Gasteiger partial charge on any atom is -0.486 e.